The lowest BCUT2D eigenvalue weighted by Gasteiger charge is -2.15. The zero-order valence-electron chi connectivity index (χ0n) is 18.6. The van der Waals surface area contributed by atoms with E-state index in [0.717, 1.165) is 0 Å². The molecule has 2 aromatic carbocycles. The van der Waals surface area contributed by atoms with Crippen LogP contribution < -0.4 is 14.8 Å². The summed E-state index contributed by atoms with van der Waals surface area (Å²) in [6.45, 7) is 3.48. The molecule has 1 N–H and O–H groups in total. The van der Waals surface area contributed by atoms with Crippen molar-refractivity contribution in [2.75, 3.05) is 19.5 Å². The highest BCUT2D eigenvalue weighted by molar-refractivity contribution is 7.94. The van der Waals surface area contributed by atoms with Crippen molar-refractivity contribution < 1.29 is 22.7 Å². The number of aryl methyl sites for hydroxylation is 2. The van der Waals surface area contributed by atoms with Crippen molar-refractivity contribution in [3.05, 3.63) is 82.5 Å². The molecule has 33 heavy (non-hydrogen) atoms. The number of rotatable bonds is 9. The minimum Gasteiger partial charge on any atom is -0.497 e. The molecule has 1 aromatic heterocycles. The first-order valence-corrected chi connectivity index (χ1v) is 11.3. The van der Waals surface area contributed by atoms with Crippen molar-refractivity contribution in [1.82, 2.24) is 9.97 Å². The monoisotopic (exact) mass is 467 g/mol. The number of nitrogens with zero attached hydrogens (tertiary/aromatic N) is 3. The summed E-state index contributed by atoms with van der Waals surface area (Å²) in [6, 6.07) is 12.6. The van der Waals surface area contributed by atoms with Gasteiger partial charge in [-0.15, -0.1) is 0 Å². The fourth-order valence-corrected chi connectivity index (χ4v) is 3.82. The molecule has 9 nitrogen and oxygen atoms in total. The summed E-state index contributed by atoms with van der Waals surface area (Å²) in [4.78, 5) is 20.5. The number of aromatic nitrogens is 2. The number of ketones is 1. The number of carbonyl (C=O) groups excluding carboxylic acids is 1. The van der Waals surface area contributed by atoms with Crippen LogP contribution >= 0.6 is 0 Å². The largest absolute Gasteiger partial charge is 0.497 e. The zero-order valence-corrected chi connectivity index (χ0v) is 19.4. The Kier molecular flexibility index (Phi) is 7.29. The molecule has 172 valence electrons. The number of carbonyl (C=O) groups is 1. The number of methoxy groups -OCH3 is 2. The van der Waals surface area contributed by atoms with Crippen LogP contribution in [0.5, 0.6) is 11.5 Å². The van der Waals surface area contributed by atoms with Crippen LogP contribution in [-0.4, -0.2) is 38.4 Å². The summed E-state index contributed by atoms with van der Waals surface area (Å²) >= 11 is 0. The van der Waals surface area contributed by atoms with Crippen molar-refractivity contribution in [3.63, 3.8) is 0 Å². The normalized spacial score (nSPS) is 11.3. The van der Waals surface area contributed by atoms with Crippen LogP contribution in [0.1, 0.15) is 21.7 Å². The van der Waals surface area contributed by atoms with Crippen LogP contribution in [0.15, 0.2) is 65.7 Å². The Morgan fingerprint density at radius 2 is 1.64 bits per heavy atom. The molecule has 0 aliphatic heterocycles. The average molecular weight is 468 g/mol. The van der Waals surface area contributed by atoms with E-state index in [1.165, 1.54) is 38.6 Å². The van der Waals surface area contributed by atoms with Gasteiger partial charge in [0.15, 0.2) is 5.78 Å². The predicted molar refractivity (Wildman–Crippen MR) is 125 cm³/mol. The second-order valence-corrected chi connectivity index (χ2v) is 8.55. The zero-order chi connectivity index (χ0) is 24.0. The molecule has 1 heterocycles. The molecule has 0 aliphatic rings. The lowest BCUT2D eigenvalue weighted by Crippen LogP contribution is -2.02. The van der Waals surface area contributed by atoms with Gasteiger partial charge in [-0.05, 0) is 61.6 Å². The van der Waals surface area contributed by atoms with Crippen LogP contribution in [0.25, 0.3) is 4.72 Å². The van der Waals surface area contributed by atoms with Gasteiger partial charge in [0.05, 0.1) is 24.7 Å². The van der Waals surface area contributed by atoms with Crippen molar-refractivity contribution >= 4 is 27.4 Å². The number of anilines is 1. The second kappa shape index (κ2) is 10.1. The van der Waals surface area contributed by atoms with Crippen molar-refractivity contribution in [1.29, 1.82) is 0 Å². The molecular weight excluding hydrogens is 444 g/mol. The fourth-order valence-electron chi connectivity index (χ4n) is 2.94. The third-order valence-electron chi connectivity index (χ3n) is 4.48. The summed E-state index contributed by atoms with van der Waals surface area (Å²) in [6.07, 6.45) is 2.81. The molecular formula is C23H23N4O5S-. The average Bonchev–Trinajstić information content (AvgIpc) is 2.77. The van der Waals surface area contributed by atoms with E-state index in [1.807, 2.05) is 0 Å². The van der Waals surface area contributed by atoms with Crippen molar-refractivity contribution in [3.8, 4) is 11.5 Å². The first-order chi connectivity index (χ1) is 15.7. The molecule has 0 saturated heterocycles. The maximum atomic E-state index is 12.6. The Morgan fingerprint density at radius 3 is 2.24 bits per heavy atom. The summed E-state index contributed by atoms with van der Waals surface area (Å²) < 4.78 is 39.2. The summed E-state index contributed by atoms with van der Waals surface area (Å²) in [5, 5.41) is 2.93. The van der Waals surface area contributed by atoms with Crippen LogP contribution in [-0.2, 0) is 10.0 Å². The molecule has 0 bridgehead atoms. The highest BCUT2D eigenvalue weighted by Crippen LogP contribution is 2.27. The fraction of sp³-hybridized carbons (Fsp3) is 0.174. The minimum absolute atomic E-state index is 0.00108. The minimum atomic E-state index is -3.97. The lowest BCUT2D eigenvalue weighted by molar-refractivity contribution is 0.104. The van der Waals surface area contributed by atoms with E-state index in [4.69, 9.17) is 9.47 Å². The quantitative estimate of drug-likeness (QED) is 0.365. The highest BCUT2D eigenvalue weighted by Gasteiger charge is 2.13. The van der Waals surface area contributed by atoms with E-state index in [9.17, 15) is 13.2 Å². The number of allylic oxidation sites excluding steroid dienone is 1. The number of benzene rings is 2. The Balaban J connectivity index is 1.67. The molecule has 10 heteroatoms. The van der Waals surface area contributed by atoms with Crippen LogP contribution in [0.2, 0.25) is 0 Å². The van der Waals surface area contributed by atoms with Gasteiger partial charge in [0.1, 0.15) is 11.5 Å². The second-order valence-electron chi connectivity index (χ2n) is 6.95. The Morgan fingerprint density at radius 1 is 0.970 bits per heavy atom. The smallest absolute Gasteiger partial charge is 0.229 e. The third kappa shape index (κ3) is 6.07. The SMILES string of the molecule is COc1ccc(C(=O)/C=C/Nc2ccc(S(=O)(=O)[N-]c3nc(C)cc(C)n3)cc2)c(OC)c1. The van der Waals surface area contributed by atoms with E-state index in [2.05, 4.69) is 20.0 Å². The van der Waals surface area contributed by atoms with E-state index in [-0.39, 0.29) is 16.6 Å². The molecule has 0 saturated carbocycles. The van der Waals surface area contributed by atoms with Gasteiger partial charge in [-0.3, -0.25) is 9.52 Å². The lowest BCUT2D eigenvalue weighted by atomic mass is 10.1. The molecule has 0 aliphatic carbocycles. The summed E-state index contributed by atoms with van der Waals surface area (Å²) in [7, 11) is -0.967. The maximum Gasteiger partial charge on any atom is 0.229 e. The molecule has 0 radical (unpaired) electrons. The molecule has 3 rings (SSSR count). The van der Waals surface area contributed by atoms with E-state index in [0.29, 0.717) is 34.1 Å². The van der Waals surface area contributed by atoms with E-state index in [1.54, 1.807) is 50.2 Å². The topological polar surface area (TPSA) is 122 Å². The van der Waals surface area contributed by atoms with Crippen LogP contribution in [0.3, 0.4) is 0 Å². The number of sulfonamides is 1. The highest BCUT2D eigenvalue weighted by atomic mass is 32.2. The van der Waals surface area contributed by atoms with E-state index >= 15 is 0 Å². The van der Waals surface area contributed by atoms with E-state index < -0.39 is 10.0 Å². The van der Waals surface area contributed by atoms with Crippen molar-refractivity contribution in [2.45, 2.75) is 18.7 Å². The van der Waals surface area contributed by atoms with Crippen LogP contribution in [0.4, 0.5) is 11.6 Å². The first-order valence-electron chi connectivity index (χ1n) is 9.81. The van der Waals surface area contributed by atoms with Gasteiger partial charge in [-0.25, -0.2) is 8.42 Å². The summed E-state index contributed by atoms with van der Waals surface area (Å²) in [5.74, 6) is 0.602. The maximum absolute atomic E-state index is 12.6. The summed E-state index contributed by atoms with van der Waals surface area (Å²) in [5.41, 5.74) is 2.23. The first kappa shape index (κ1) is 23.7. The number of hydrogen-bond donors (Lipinski definition) is 1. The van der Waals surface area contributed by atoms with Gasteiger partial charge in [-0.1, -0.05) is 6.07 Å². The number of nitrogens with one attached hydrogen (secondary N) is 1. The van der Waals surface area contributed by atoms with Crippen LogP contribution in [0, 0.1) is 13.8 Å². The van der Waals surface area contributed by atoms with Gasteiger partial charge >= 0.3 is 0 Å². The molecule has 0 unspecified atom stereocenters. The van der Waals surface area contributed by atoms with Gasteiger partial charge in [0.2, 0.25) is 10.0 Å². The molecule has 0 atom stereocenters. The number of hydrogen-bond acceptors (Lipinski definition) is 8. The molecule has 0 spiro atoms. The third-order valence-corrected chi connectivity index (χ3v) is 5.75. The van der Waals surface area contributed by atoms with Crippen molar-refractivity contribution in [2.24, 2.45) is 0 Å². The van der Waals surface area contributed by atoms with Gasteiger partial charge in [0.25, 0.3) is 0 Å². The molecule has 3 aromatic rings. The molecule has 0 amide bonds. The van der Waals surface area contributed by atoms with Gasteiger partial charge in [-0.2, -0.15) is 0 Å². The predicted octanol–water partition coefficient (Wildman–Crippen LogP) is 4.31. The van der Waals surface area contributed by atoms with Gasteiger partial charge < -0.3 is 24.8 Å². The Hall–Kier alpha value is -3.92. The van der Waals surface area contributed by atoms with Gasteiger partial charge in [0, 0.05) is 30.0 Å². The Bertz CT molecular complexity index is 1270. The Labute approximate surface area is 192 Å². The molecule has 0 fully saturated rings. The standard InChI is InChI=1S/C23H24N4O5S/c1-15-13-16(2)26-23(25-15)27-33(29,30)19-8-5-17(6-9-19)24-12-11-21(28)20-10-7-18(31-3)14-22(20)32-4/h5-14H,1-4H3,(H2,24,25,26,27,28)/p-1. The number of ether oxygens (including phenoxy) is 2.